The number of esters is 1. The Morgan fingerprint density at radius 3 is 2.72 bits per heavy atom. The van der Waals surface area contributed by atoms with Crippen LogP contribution in [0.4, 0.5) is 10.9 Å². The summed E-state index contributed by atoms with van der Waals surface area (Å²) in [5, 5.41) is 3.50. The van der Waals surface area contributed by atoms with Gasteiger partial charge in [-0.1, -0.05) is 25.2 Å². The topological polar surface area (TPSA) is 124 Å². The highest BCUT2D eigenvalue weighted by molar-refractivity contribution is 7.15. The molecule has 0 radical (unpaired) electrons. The zero-order chi connectivity index (χ0) is 25.2. The molecular formula is C26H30N6O3S. The number of ether oxygens (including phenoxy) is 1. The number of nitrogens with zero attached hydrogens (tertiary/aromatic N) is 4. The summed E-state index contributed by atoms with van der Waals surface area (Å²) in [5.41, 5.74) is 8.62. The Labute approximate surface area is 213 Å². The van der Waals surface area contributed by atoms with Gasteiger partial charge in [-0.05, 0) is 38.5 Å². The smallest absolute Gasteiger partial charge is 0.302 e. The fourth-order valence-electron chi connectivity index (χ4n) is 5.02. The summed E-state index contributed by atoms with van der Waals surface area (Å²) >= 11 is 1.49. The first-order chi connectivity index (χ1) is 17.4. The number of imidazole rings is 1. The highest BCUT2D eigenvalue weighted by Gasteiger charge is 2.30. The average molecular weight is 507 g/mol. The second kappa shape index (κ2) is 10.2. The van der Waals surface area contributed by atoms with Crippen LogP contribution in [-0.2, 0) is 20.7 Å². The molecule has 0 saturated heterocycles. The standard InChI is InChI=1S/C26H30N6O3S/c1-3-20-14-29-26(36-20)31-25(34)18-6-4-16(5-7-18)21-22-23(27)28-12-13-32(22)24(30-21)17-8-10-19(11-9-17)35-15(2)33/h4,6-7,12-14,16-17,19H,3,5,8-11H2,1-2H3,(H2,27,28)(H,29,31,34). The van der Waals surface area contributed by atoms with Crippen LogP contribution in [0.25, 0.3) is 5.52 Å². The van der Waals surface area contributed by atoms with Crippen molar-refractivity contribution in [3.63, 3.8) is 0 Å². The SMILES string of the molecule is CCc1cnc(NC(=O)C2=CCC(c3nc(C4CCC(OC(C)=O)CC4)n4ccnc(N)c34)C=C2)s1. The summed E-state index contributed by atoms with van der Waals surface area (Å²) in [7, 11) is 0. The van der Waals surface area contributed by atoms with Crippen molar-refractivity contribution < 1.29 is 14.3 Å². The lowest BCUT2D eigenvalue weighted by Crippen LogP contribution is -2.23. The summed E-state index contributed by atoms with van der Waals surface area (Å²) in [6.45, 7) is 3.52. The van der Waals surface area contributed by atoms with Crippen molar-refractivity contribution in [1.29, 1.82) is 0 Å². The van der Waals surface area contributed by atoms with Crippen molar-refractivity contribution >= 4 is 39.7 Å². The molecule has 0 aliphatic heterocycles. The first-order valence-electron chi connectivity index (χ1n) is 12.4. The lowest BCUT2D eigenvalue weighted by molar-refractivity contribution is -0.147. The molecule has 3 N–H and O–H groups in total. The molecule has 0 bridgehead atoms. The summed E-state index contributed by atoms with van der Waals surface area (Å²) in [5.74, 6) is 1.25. The van der Waals surface area contributed by atoms with Crippen LogP contribution < -0.4 is 11.1 Å². The Morgan fingerprint density at radius 2 is 2.06 bits per heavy atom. The van der Waals surface area contributed by atoms with Crippen LogP contribution >= 0.6 is 11.3 Å². The van der Waals surface area contributed by atoms with E-state index in [1.165, 1.54) is 18.3 Å². The van der Waals surface area contributed by atoms with Crippen LogP contribution in [0.1, 0.15) is 74.2 Å². The highest BCUT2D eigenvalue weighted by atomic mass is 32.1. The molecule has 9 nitrogen and oxygen atoms in total. The van der Waals surface area contributed by atoms with E-state index in [2.05, 4.69) is 26.6 Å². The maximum atomic E-state index is 12.7. The number of hydrogen-bond donors (Lipinski definition) is 2. The number of nitrogens with one attached hydrogen (secondary N) is 1. The first-order valence-corrected chi connectivity index (χ1v) is 13.2. The van der Waals surface area contributed by atoms with E-state index in [-0.39, 0.29) is 29.8 Å². The number of nitrogen functional groups attached to an aromatic ring is 1. The van der Waals surface area contributed by atoms with Gasteiger partial charge in [0.2, 0.25) is 0 Å². The number of amides is 1. The molecule has 1 atom stereocenters. The molecule has 5 rings (SSSR count). The zero-order valence-corrected chi connectivity index (χ0v) is 21.3. The van der Waals surface area contributed by atoms with E-state index in [4.69, 9.17) is 15.5 Å². The molecule has 10 heteroatoms. The van der Waals surface area contributed by atoms with Crippen LogP contribution in [0.5, 0.6) is 0 Å². The third kappa shape index (κ3) is 4.90. The number of thiazole rings is 1. The predicted molar refractivity (Wildman–Crippen MR) is 139 cm³/mol. The van der Waals surface area contributed by atoms with Gasteiger partial charge in [-0.15, -0.1) is 11.3 Å². The minimum atomic E-state index is -0.228. The molecule has 1 saturated carbocycles. The lowest BCUT2D eigenvalue weighted by atomic mass is 9.86. The molecule has 3 heterocycles. The molecular weight excluding hydrogens is 476 g/mol. The number of allylic oxidation sites excluding steroid dienone is 2. The van der Waals surface area contributed by atoms with Crippen molar-refractivity contribution in [2.75, 3.05) is 11.1 Å². The third-order valence-electron chi connectivity index (χ3n) is 6.84. The summed E-state index contributed by atoms with van der Waals surface area (Å²) < 4.78 is 7.47. The zero-order valence-electron chi connectivity index (χ0n) is 20.4. The van der Waals surface area contributed by atoms with E-state index in [1.54, 1.807) is 12.4 Å². The summed E-state index contributed by atoms with van der Waals surface area (Å²) in [6.07, 6.45) is 16.1. The molecule has 3 aromatic heterocycles. The van der Waals surface area contributed by atoms with E-state index in [1.807, 2.05) is 24.4 Å². The number of aromatic nitrogens is 4. The number of nitrogens with two attached hydrogens (primary N) is 1. The summed E-state index contributed by atoms with van der Waals surface area (Å²) in [6, 6.07) is 0. The maximum Gasteiger partial charge on any atom is 0.302 e. The number of carbonyl (C=O) groups is 2. The molecule has 188 valence electrons. The second-order valence-electron chi connectivity index (χ2n) is 9.27. The second-order valence-corrected chi connectivity index (χ2v) is 10.4. The Morgan fingerprint density at radius 1 is 1.25 bits per heavy atom. The third-order valence-corrected chi connectivity index (χ3v) is 7.90. The quantitative estimate of drug-likeness (QED) is 0.471. The minimum absolute atomic E-state index is 0.0132. The fourth-order valence-corrected chi connectivity index (χ4v) is 5.77. The van der Waals surface area contributed by atoms with Gasteiger partial charge in [-0.2, -0.15) is 0 Å². The molecule has 0 spiro atoms. The number of carbonyl (C=O) groups excluding carboxylic acids is 2. The maximum absolute atomic E-state index is 12.7. The van der Waals surface area contributed by atoms with Gasteiger partial charge in [0.05, 0.1) is 5.69 Å². The average Bonchev–Trinajstić information content (AvgIpc) is 3.50. The van der Waals surface area contributed by atoms with Crippen LogP contribution in [0.3, 0.4) is 0 Å². The van der Waals surface area contributed by atoms with Crippen molar-refractivity contribution in [2.24, 2.45) is 0 Å². The molecule has 2 aliphatic rings. The van der Waals surface area contributed by atoms with Crippen molar-refractivity contribution in [1.82, 2.24) is 19.4 Å². The molecule has 0 aromatic carbocycles. The largest absolute Gasteiger partial charge is 0.463 e. The number of hydrogen-bond acceptors (Lipinski definition) is 8. The van der Waals surface area contributed by atoms with Crippen LogP contribution in [0, 0.1) is 0 Å². The van der Waals surface area contributed by atoms with Gasteiger partial charge >= 0.3 is 5.97 Å². The lowest BCUT2D eigenvalue weighted by Gasteiger charge is -2.27. The monoisotopic (exact) mass is 506 g/mol. The number of fused-ring (bicyclic) bond motifs is 1. The molecule has 1 amide bonds. The van der Waals surface area contributed by atoms with E-state index >= 15 is 0 Å². The van der Waals surface area contributed by atoms with Gasteiger partial charge in [0.1, 0.15) is 23.3 Å². The Bertz CT molecular complexity index is 1350. The van der Waals surface area contributed by atoms with Crippen molar-refractivity contribution in [2.45, 2.75) is 70.3 Å². The van der Waals surface area contributed by atoms with Crippen LogP contribution in [-0.4, -0.2) is 37.3 Å². The number of rotatable bonds is 6. The molecule has 3 aromatic rings. The first kappa shape index (κ1) is 24.2. The Balaban J connectivity index is 1.34. The molecule has 1 fully saturated rings. The van der Waals surface area contributed by atoms with Gasteiger partial charge in [-0.3, -0.25) is 19.3 Å². The van der Waals surface area contributed by atoms with Gasteiger partial charge in [0, 0.05) is 47.8 Å². The molecule has 2 aliphatic carbocycles. The van der Waals surface area contributed by atoms with Gasteiger partial charge < -0.3 is 10.5 Å². The normalized spacial score (nSPS) is 21.8. The minimum Gasteiger partial charge on any atom is -0.463 e. The van der Waals surface area contributed by atoms with E-state index in [9.17, 15) is 9.59 Å². The van der Waals surface area contributed by atoms with Crippen molar-refractivity contribution in [3.05, 3.63) is 58.8 Å². The van der Waals surface area contributed by atoms with Gasteiger partial charge in [-0.25, -0.2) is 15.0 Å². The van der Waals surface area contributed by atoms with Crippen LogP contribution in [0.2, 0.25) is 0 Å². The molecule has 1 unspecified atom stereocenters. The van der Waals surface area contributed by atoms with Crippen molar-refractivity contribution in [3.8, 4) is 0 Å². The van der Waals surface area contributed by atoms with Crippen LogP contribution in [0.15, 0.2) is 42.4 Å². The van der Waals surface area contributed by atoms with Gasteiger partial charge in [0.15, 0.2) is 5.13 Å². The Hall–Kier alpha value is -3.53. The van der Waals surface area contributed by atoms with E-state index < -0.39 is 0 Å². The Kier molecular flexibility index (Phi) is 6.86. The number of anilines is 2. The van der Waals surface area contributed by atoms with Gasteiger partial charge in [0.25, 0.3) is 5.91 Å². The number of aryl methyl sites for hydroxylation is 1. The fraction of sp³-hybridized carbons (Fsp3) is 0.423. The highest BCUT2D eigenvalue weighted by Crippen LogP contribution is 2.38. The summed E-state index contributed by atoms with van der Waals surface area (Å²) in [4.78, 5) is 38.9. The predicted octanol–water partition coefficient (Wildman–Crippen LogP) is 4.53. The van der Waals surface area contributed by atoms with E-state index in [0.29, 0.717) is 22.9 Å². The molecule has 36 heavy (non-hydrogen) atoms. The van der Waals surface area contributed by atoms with E-state index in [0.717, 1.165) is 54.0 Å².